The summed E-state index contributed by atoms with van der Waals surface area (Å²) in [7, 11) is 0. The second-order valence-corrected chi connectivity index (χ2v) is 7.33. The first-order valence-electron chi connectivity index (χ1n) is 8.37. The predicted octanol–water partition coefficient (Wildman–Crippen LogP) is 3.61. The van der Waals surface area contributed by atoms with Crippen molar-refractivity contribution in [3.05, 3.63) is 44.9 Å². The van der Waals surface area contributed by atoms with Gasteiger partial charge in [-0.2, -0.15) is 5.10 Å². The molecule has 2 aromatic heterocycles. The van der Waals surface area contributed by atoms with Crippen LogP contribution in [0.15, 0.2) is 34.5 Å². The third-order valence-electron chi connectivity index (χ3n) is 3.98. The van der Waals surface area contributed by atoms with E-state index in [1.54, 1.807) is 13.1 Å². The average Bonchev–Trinajstić information content (AvgIpc) is 3.18. The van der Waals surface area contributed by atoms with Crippen LogP contribution in [-0.4, -0.2) is 21.5 Å². The molecule has 1 aliphatic rings. The second-order valence-electron chi connectivity index (χ2n) is 6.13. The number of nitrogens with one attached hydrogen (secondary N) is 2. The molecule has 1 fully saturated rings. The number of aliphatic hydroxyl groups is 1. The Hall–Kier alpha value is -2.80. The Bertz CT molecular complexity index is 916. The molecule has 0 saturated heterocycles. The highest BCUT2D eigenvalue weighted by atomic mass is 32.1. The number of hydrogen-bond donors (Lipinski definition) is 3. The number of hydrogen-bond acceptors (Lipinski definition) is 5. The van der Waals surface area contributed by atoms with Gasteiger partial charge in [-0.1, -0.05) is 11.8 Å². The summed E-state index contributed by atoms with van der Waals surface area (Å²) in [5, 5.41) is 19.9. The van der Waals surface area contributed by atoms with Crippen LogP contribution in [-0.2, 0) is 6.54 Å². The van der Waals surface area contributed by atoms with E-state index < -0.39 is 6.10 Å². The monoisotopic (exact) mass is 364 g/mol. The van der Waals surface area contributed by atoms with Crippen LogP contribution in [0.4, 0.5) is 5.82 Å². The molecular formula is C20H20N4OS. The molecule has 2 heterocycles. The van der Waals surface area contributed by atoms with E-state index in [-0.39, 0.29) is 0 Å². The van der Waals surface area contributed by atoms with Crippen molar-refractivity contribution in [2.24, 2.45) is 4.99 Å². The lowest BCUT2D eigenvalue weighted by Gasteiger charge is -2.03. The van der Waals surface area contributed by atoms with Gasteiger partial charge in [-0.3, -0.25) is 10.1 Å². The molecule has 6 heteroatoms. The van der Waals surface area contributed by atoms with Crippen molar-refractivity contribution in [1.29, 1.82) is 0 Å². The number of terminal acetylenes is 2. The molecule has 132 valence electrons. The third kappa shape index (κ3) is 4.43. The Balaban J connectivity index is 1.68. The van der Waals surface area contributed by atoms with Crippen molar-refractivity contribution >= 4 is 23.4 Å². The van der Waals surface area contributed by atoms with Crippen LogP contribution in [0, 0.1) is 24.7 Å². The zero-order valence-electron chi connectivity index (χ0n) is 14.5. The van der Waals surface area contributed by atoms with E-state index in [0.717, 1.165) is 21.3 Å². The van der Waals surface area contributed by atoms with Crippen LogP contribution in [0.3, 0.4) is 0 Å². The van der Waals surface area contributed by atoms with Crippen LogP contribution < -0.4 is 5.32 Å². The number of aliphatic imine (C=N–C) groups is 1. The Morgan fingerprint density at radius 1 is 1.50 bits per heavy atom. The number of thiophene rings is 1. The summed E-state index contributed by atoms with van der Waals surface area (Å²) in [4.78, 5) is 6.35. The Labute approximate surface area is 157 Å². The number of aromatic amines is 1. The first kappa shape index (κ1) is 18.0. The molecular weight excluding hydrogens is 344 g/mol. The average molecular weight is 364 g/mol. The summed E-state index contributed by atoms with van der Waals surface area (Å²) >= 11 is 1.53. The SMILES string of the molecule is C#CC(/C=N\Cc1ccc([C@@H](C)O)s1)=C(/C#C)Nc1cc(C2CC2)n[nH]1. The van der Waals surface area contributed by atoms with Crippen molar-refractivity contribution in [3.8, 4) is 24.7 Å². The van der Waals surface area contributed by atoms with Gasteiger partial charge in [0.05, 0.1) is 23.9 Å². The Morgan fingerprint density at radius 2 is 2.31 bits per heavy atom. The summed E-state index contributed by atoms with van der Waals surface area (Å²) < 4.78 is 0. The van der Waals surface area contributed by atoms with Gasteiger partial charge in [0.2, 0.25) is 0 Å². The van der Waals surface area contributed by atoms with E-state index >= 15 is 0 Å². The summed E-state index contributed by atoms with van der Waals surface area (Å²) in [5.74, 6) is 6.44. The predicted molar refractivity (Wildman–Crippen MR) is 106 cm³/mol. The fourth-order valence-electron chi connectivity index (χ4n) is 2.41. The highest BCUT2D eigenvalue weighted by Gasteiger charge is 2.26. The van der Waals surface area contributed by atoms with Gasteiger partial charge in [0.15, 0.2) is 0 Å². The molecule has 26 heavy (non-hydrogen) atoms. The minimum absolute atomic E-state index is 0.467. The molecule has 0 bridgehead atoms. The van der Waals surface area contributed by atoms with Crippen molar-refractivity contribution < 1.29 is 5.11 Å². The fraction of sp³-hybridized carbons (Fsp3) is 0.300. The molecule has 0 unspecified atom stereocenters. The molecule has 0 amide bonds. The van der Waals surface area contributed by atoms with Gasteiger partial charge in [0.1, 0.15) is 11.5 Å². The van der Waals surface area contributed by atoms with E-state index in [2.05, 4.69) is 32.3 Å². The summed E-state index contributed by atoms with van der Waals surface area (Å²) in [6.45, 7) is 2.23. The fourth-order valence-corrected chi connectivity index (χ4v) is 3.29. The molecule has 0 aliphatic heterocycles. The number of anilines is 1. The van der Waals surface area contributed by atoms with Crippen molar-refractivity contribution in [3.63, 3.8) is 0 Å². The maximum Gasteiger partial charge on any atom is 0.126 e. The molecule has 5 nitrogen and oxygen atoms in total. The van der Waals surface area contributed by atoms with E-state index in [1.807, 2.05) is 18.2 Å². The lowest BCUT2D eigenvalue weighted by molar-refractivity contribution is 0.203. The Kier molecular flexibility index (Phi) is 5.58. The second kappa shape index (κ2) is 8.05. The van der Waals surface area contributed by atoms with Crippen molar-refractivity contribution in [2.75, 3.05) is 5.32 Å². The molecule has 3 rings (SSSR count). The maximum atomic E-state index is 9.57. The molecule has 1 aliphatic carbocycles. The van der Waals surface area contributed by atoms with Gasteiger partial charge >= 0.3 is 0 Å². The zero-order chi connectivity index (χ0) is 18.5. The maximum absolute atomic E-state index is 9.57. The van der Waals surface area contributed by atoms with E-state index in [0.29, 0.717) is 23.7 Å². The van der Waals surface area contributed by atoms with E-state index in [9.17, 15) is 5.11 Å². The quantitative estimate of drug-likeness (QED) is 0.519. The molecule has 2 aromatic rings. The lowest BCUT2D eigenvalue weighted by Crippen LogP contribution is -2.02. The van der Waals surface area contributed by atoms with Crippen LogP contribution in [0.25, 0.3) is 0 Å². The summed E-state index contributed by atoms with van der Waals surface area (Å²) in [5.41, 5.74) is 2.02. The van der Waals surface area contributed by atoms with Gasteiger partial charge in [0, 0.05) is 28.0 Å². The summed E-state index contributed by atoms with van der Waals surface area (Å²) in [6, 6.07) is 5.82. The minimum Gasteiger partial charge on any atom is -0.388 e. The van der Waals surface area contributed by atoms with Crippen LogP contribution in [0.2, 0.25) is 0 Å². The van der Waals surface area contributed by atoms with Crippen LogP contribution in [0.1, 0.15) is 47.2 Å². The number of rotatable bonds is 7. The van der Waals surface area contributed by atoms with Gasteiger partial charge in [0.25, 0.3) is 0 Å². The number of H-pyrrole nitrogens is 1. The first-order valence-corrected chi connectivity index (χ1v) is 9.18. The van der Waals surface area contributed by atoms with Crippen molar-refractivity contribution in [2.45, 2.75) is 38.3 Å². The molecule has 0 spiro atoms. The highest BCUT2D eigenvalue weighted by molar-refractivity contribution is 7.12. The molecule has 3 N–H and O–H groups in total. The first-order chi connectivity index (χ1) is 12.6. The van der Waals surface area contributed by atoms with Gasteiger partial charge < -0.3 is 10.4 Å². The molecule has 0 aromatic carbocycles. The minimum atomic E-state index is -0.467. The molecule has 1 atom stereocenters. The topological polar surface area (TPSA) is 73.3 Å². The number of allylic oxidation sites excluding steroid dienone is 2. The number of aliphatic hydroxyl groups excluding tert-OH is 1. The normalized spacial score (nSPS) is 16.0. The standard InChI is InChI=1S/C20H20N4OS/c1-4-14(11-21-12-16-8-9-19(26-16)13(3)25)17(5-2)22-20-10-18(23-24-20)15-6-7-15/h1-2,8-11,13,15,25H,6-7,12H2,3H3,(H2,22,23,24)/b17-14+,21-11-/t13-/m1/s1. The number of aromatic nitrogens is 2. The third-order valence-corrected chi connectivity index (χ3v) is 5.22. The smallest absolute Gasteiger partial charge is 0.126 e. The Morgan fingerprint density at radius 3 is 2.92 bits per heavy atom. The zero-order valence-corrected chi connectivity index (χ0v) is 15.3. The van der Waals surface area contributed by atoms with E-state index in [1.165, 1.54) is 24.2 Å². The van der Waals surface area contributed by atoms with Gasteiger partial charge in [-0.05, 0) is 31.9 Å². The highest BCUT2D eigenvalue weighted by Crippen LogP contribution is 2.39. The largest absolute Gasteiger partial charge is 0.388 e. The lowest BCUT2D eigenvalue weighted by atomic mass is 10.2. The molecule has 1 saturated carbocycles. The van der Waals surface area contributed by atoms with Crippen LogP contribution >= 0.6 is 11.3 Å². The summed E-state index contributed by atoms with van der Waals surface area (Å²) in [6.07, 6.45) is 14.7. The van der Waals surface area contributed by atoms with Gasteiger partial charge in [-0.25, -0.2) is 0 Å². The van der Waals surface area contributed by atoms with Crippen molar-refractivity contribution in [1.82, 2.24) is 10.2 Å². The molecule has 0 radical (unpaired) electrons. The van der Waals surface area contributed by atoms with E-state index in [4.69, 9.17) is 12.8 Å². The number of nitrogens with zero attached hydrogens (tertiary/aromatic N) is 2. The van der Waals surface area contributed by atoms with Gasteiger partial charge in [-0.15, -0.1) is 24.2 Å². The van der Waals surface area contributed by atoms with Crippen LogP contribution in [0.5, 0.6) is 0 Å².